The molecular formula is C18H28IN3O2. The van der Waals surface area contributed by atoms with Crippen LogP contribution in [-0.2, 0) is 0 Å². The number of hydrogen-bond donors (Lipinski definition) is 2. The zero-order chi connectivity index (χ0) is 17.4. The highest BCUT2D eigenvalue weighted by Gasteiger charge is 2.23. The average molecular weight is 445 g/mol. The molecular weight excluding hydrogens is 417 g/mol. The van der Waals surface area contributed by atoms with Gasteiger partial charge in [0.25, 0.3) is 0 Å². The van der Waals surface area contributed by atoms with Crippen molar-refractivity contribution in [3.8, 4) is 5.75 Å². The molecule has 0 saturated carbocycles. The molecule has 1 aromatic rings. The molecule has 2 N–H and O–H groups in total. The van der Waals surface area contributed by atoms with Gasteiger partial charge in [-0.15, -0.1) is 0 Å². The number of nitrogens with one attached hydrogen (secondary N) is 1. The Morgan fingerprint density at radius 1 is 1.42 bits per heavy atom. The van der Waals surface area contributed by atoms with Crippen LogP contribution in [0.15, 0.2) is 29.3 Å². The molecule has 0 aromatic heterocycles. The summed E-state index contributed by atoms with van der Waals surface area (Å²) >= 11 is 2.32. The van der Waals surface area contributed by atoms with Crippen LogP contribution in [0.2, 0.25) is 0 Å². The van der Waals surface area contributed by atoms with E-state index in [0.29, 0.717) is 6.54 Å². The van der Waals surface area contributed by atoms with Gasteiger partial charge in [0, 0.05) is 45.6 Å². The largest absolute Gasteiger partial charge is 0.489 e. The van der Waals surface area contributed by atoms with Crippen LogP contribution < -0.4 is 10.1 Å². The summed E-state index contributed by atoms with van der Waals surface area (Å²) in [6.07, 6.45) is 2.24. The molecule has 0 spiro atoms. The molecule has 134 valence electrons. The number of aliphatic imine (C=N–C) groups is 1. The first-order valence-corrected chi connectivity index (χ1v) is 9.77. The van der Waals surface area contributed by atoms with Crippen molar-refractivity contribution in [1.29, 1.82) is 0 Å². The molecule has 24 heavy (non-hydrogen) atoms. The molecule has 1 unspecified atom stereocenters. The maximum Gasteiger partial charge on any atom is 0.193 e. The average Bonchev–Trinajstić information content (AvgIpc) is 2.61. The van der Waals surface area contributed by atoms with E-state index in [1.54, 1.807) is 0 Å². The Morgan fingerprint density at radius 3 is 2.75 bits per heavy atom. The lowest BCUT2D eigenvalue weighted by Crippen LogP contribution is -2.47. The van der Waals surface area contributed by atoms with Crippen LogP contribution in [-0.4, -0.2) is 54.9 Å². The number of benzene rings is 1. The fraction of sp³-hybridized carbons (Fsp3) is 0.611. The Balaban J connectivity index is 1.88. The van der Waals surface area contributed by atoms with Crippen LogP contribution in [0.5, 0.6) is 5.75 Å². The van der Waals surface area contributed by atoms with Crippen molar-refractivity contribution < 1.29 is 9.84 Å². The topological polar surface area (TPSA) is 57.1 Å². The maximum atomic E-state index is 9.16. The Kier molecular flexibility index (Phi) is 8.11. The second-order valence-corrected chi connectivity index (χ2v) is 7.38. The molecule has 1 atom stereocenters. The van der Waals surface area contributed by atoms with Crippen LogP contribution in [0.1, 0.15) is 26.7 Å². The number of guanidine groups is 1. The SMILES string of the molecule is CCNC(=NCC(C)CO)N1CCC(Oc2ccccc2I)CC1. The monoisotopic (exact) mass is 445 g/mol. The molecule has 5 nitrogen and oxygen atoms in total. The van der Waals surface area contributed by atoms with E-state index in [0.717, 1.165) is 47.8 Å². The minimum Gasteiger partial charge on any atom is -0.489 e. The Hall–Kier alpha value is -1.02. The molecule has 0 bridgehead atoms. The Morgan fingerprint density at radius 2 is 2.12 bits per heavy atom. The molecule has 1 saturated heterocycles. The molecule has 1 aliphatic heterocycles. The lowest BCUT2D eigenvalue weighted by Gasteiger charge is -2.34. The van der Waals surface area contributed by atoms with E-state index in [4.69, 9.17) is 9.84 Å². The van der Waals surface area contributed by atoms with Crippen molar-refractivity contribution in [3.63, 3.8) is 0 Å². The summed E-state index contributed by atoms with van der Waals surface area (Å²) in [4.78, 5) is 6.96. The van der Waals surface area contributed by atoms with Crippen LogP contribution in [0.4, 0.5) is 0 Å². The zero-order valence-corrected chi connectivity index (χ0v) is 16.7. The van der Waals surface area contributed by atoms with E-state index >= 15 is 0 Å². The molecule has 0 aliphatic carbocycles. The number of para-hydroxylation sites is 1. The molecule has 1 aromatic carbocycles. The van der Waals surface area contributed by atoms with Gasteiger partial charge in [0.05, 0.1) is 3.57 Å². The lowest BCUT2D eigenvalue weighted by molar-refractivity contribution is 0.128. The Bertz CT molecular complexity index is 531. The molecule has 0 radical (unpaired) electrons. The number of aliphatic hydroxyl groups excluding tert-OH is 1. The minimum atomic E-state index is 0.175. The van der Waals surface area contributed by atoms with E-state index in [1.165, 1.54) is 0 Å². The summed E-state index contributed by atoms with van der Waals surface area (Å²) < 4.78 is 7.32. The minimum absolute atomic E-state index is 0.175. The van der Waals surface area contributed by atoms with Gasteiger partial charge in [0.2, 0.25) is 0 Å². The number of rotatable bonds is 6. The zero-order valence-electron chi connectivity index (χ0n) is 14.5. The summed E-state index contributed by atoms with van der Waals surface area (Å²) in [5, 5.41) is 12.5. The third-order valence-electron chi connectivity index (χ3n) is 4.07. The summed E-state index contributed by atoms with van der Waals surface area (Å²) in [5.41, 5.74) is 0. The van der Waals surface area contributed by atoms with Crippen molar-refractivity contribution in [1.82, 2.24) is 10.2 Å². The Labute approximate surface area is 158 Å². The first-order valence-electron chi connectivity index (χ1n) is 8.69. The molecule has 1 aliphatic rings. The van der Waals surface area contributed by atoms with Crippen molar-refractivity contribution in [2.45, 2.75) is 32.8 Å². The summed E-state index contributed by atoms with van der Waals surface area (Å²) in [6, 6.07) is 8.16. The first kappa shape index (κ1) is 19.3. The van der Waals surface area contributed by atoms with E-state index in [9.17, 15) is 0 Å². The molecule has 1 heterocycles. The predicted molar refractivity (Wildman–Crippen MR) is 107 cm³/mol. The third-order valence-corrected chi connectivity index (χ3v) is 4.96. The highest BCUT2D eigenvalue weighted by Crippen LogP contribution is 2.24. The molecule has 1 fully saturated rings. The van der Waals surface area contributed by atoms with Crippen molar-refractivity contribution in [2.75, 3.05) is 32.8 Å². The summed E-state index contributed by atoms with van der Waals surface area (Å²) in [5.74, 6) is 2.12. The molecule has 6 heteroatoms. The summed E-state index contributed by atoms with van der Waals surface area (Å²) in [7, 11) is 0. The highest BCUT2D eigenvalue weighted by molar-refractivity contribution is 14.1. The predicted octanol–water partition coefficient (Wildman–Crippen LogP) is 2.73. The van der Waals surface area contributed by atoms with Crippen molar-refractivity contribution in [3.05, 3.63) is 27.8 Å². The van der Waals surface area contributed by atoms with Crippen molar-refractivity contribution >= 4 is 28.6 Å². The van der Waals surface area contributed by atoms with Crippen molar-refractivity contribution in [2.24, 2.45) is 10.9 Å². The third kappa shape index (κ3) is 5.81. The van der Waals surface area contributed by atoms with Gasteiger partial charge in [0.1, 0.15) is 11.9 Å². The standard InChI is InChI=1S/C18H28IN3O2/c1-3-20-18(21-12-14(2)13-23)22-10-8-15(9-11-22)24-17-7-5-4-6-16(17)19/h4-7,14-15,23H,3,8-13H2,1-2H3,(H,20,21). The first-order chi connectivity index (χ1) is 11.6. The van der Waals surface area contributed by atoms with Crippen LogP contribution in [0, 0.1) is 9.49 Å². The van der Waals surface area contributed by atoms with Gasteiger partial charge >= 0.3 is 0 Å². The normalized spacial score (nSPS) is 17.7. The second kappa shape index (κ2) is 10.1. The van der Waals surface area contributed by atoms with Gasteiger partial charge in [-0.3, -0.25) is 4.99 Å². The van der Waals surface area contributed by atoms with Gasteiger partial charge < -0.3 is 20.1 Å². The van der Waals surface area contributed by atoms with Gasteiger partial charge in [-0.1, -0.05) is 19.1 Å². The van der Waals surface area contributed by atoms with Crippen LogP contribution in [0.25, 0.3) is 0 Å². The second-order valence-electron chi connectivity index (χ2n) is 6.22. The van der Waals surface area contributed by atoms with E-state index in [-0.39, 0.29) is 18.6 Å². The number of aliphatic hydroxyl groups is 1. The maximum absolute atomic E-state index is 9.16. The smallest absolute Gasteiger partial charge is 0.193 e. The van der Waals surface area contributed by atoms with Gasteiger partial charge in [-0.25, -0.2) is 0 Å². The van der Waals surface area contributed by atoms with E-state index in [2.05, 4.69) is 50.8 Å². The lowest BCUT2D eigenvalue weighted by atomic mass is 10.1. The quantitative estimate of drug-likeness (QED) is 0.402. The fourth-order valence-electron chi connectivity index (χ4n) is 2.63. The number of hydrogen-bond acceptors (Lipinski definition) is 3. The highest BCUT2D eigenvalue weighted by atomic mass is 127. The van der Waals surface area contributed by atoms with Gasteiger partial charge in [-0.2, -0.15) is 0 Å². The van der Waals surface area contributed by atoms with Gasteiger partial charge in [-0.05, 0) is 47.6 Å². The van der Waals surface area contributed by atoms with E-state index < -0.39 is 0 Å². The van der Waals surface area contributed by atoms with E-state index in [1.807, 2.05) is 25.1 Å². The number of likely N-dealkylation sites (tertiary alicyclic amines) is 1. The number of halogens is 1. The number of piperidine rings is 1. The fourth-order valence-corrected chi connectivity index (χ4v) is 3.15. The number of nitrogens with zero attached hydrogens (tertiary/aromatic N) is 2. The summed E-state index contributed by atoms with van der Waals surface area (Å²) in [6.45, 7) is 7.64. The molecule has 2 rings (SSSR count). The molecule has 0 amide bonds. The number of ether oxygens (including phenoxy) is 1. The van der Waals surface area contributed by atoms with Crippen LogP contribution in [0.3, 0.4) is 0 Å². The van der Waals surface area contributed by atoms with Crippen LogP contribution >= 0.6 is 22.6 Å². The van der Waals surface area contributed by atoms with Gasteiger partial charge in [0.15, 0.2) is 5.96 Å².